The molecule has 0 fully saturated rings. The van der Waals surface area contributed by atoms with Crippen LogP contribution in [0.25, 0.3) is 10.9 Å². The Morgan fingerprint density at radius 1 is 0.885 bits per heavy atom. The van der Waals surface area contributed by atoms with E-state index in [9.17, 15) is 29.7 Å². The predicted molar refractivity (Wildman–Crippen MR) is 194 cm³/mol. The van der Waals surface area contributed by atoms with Gasteiger partial charge in [-0.3, -0.25) is 14.3 Å². The fraction of sp³-hybridized carbons (Fsp3) is 0.179. The van der Waals surface area contributed by atoms with E-state index in [-0.39, 0.29) is 41.6 Å². The number of hydrogen-bond acceptors (Lipinski definition) is 8. The van der Waals surface area contributed by atoms with Crippen LogP contribution in [0.2, 0.25) is 0 Å². The van der Waals surface area contributed by atoms with Crippen molar-refractivity contribution in [2.75, 3.05) is 6.54 Å². The number of aliphatic hydroxyl groups excluding tert-OH is 1. The van der Waals surface area contributed by atoms with Gasteiger partial charge >= 0.3 is 6.09 Å². The molecule has 0 aliphatic heterocycles. The second-order valence-electron chi connectivity index (χ2n) is 12.2. The first-order valence-electron chi connectivity index (χ1n) is 16.5. The van der Waals surface area contributed by atoms with E-state index in [2.05, 4.69) is 26.0 Å². The number of hydrogen-bond donors (Lipinski definition) is 7. The highest BCUT2D eigenvalue weighted by atomic mass is 16.5. The number of nitrogens with one attached hydrogen (secondary N) is 4. The summed E-state index contributed by atoms with van der Waals surface area (Å²) < 4.78 is 7.60. The zero-order valence-electron chi connectivity index (χ0n) is 28.2. The number of aromatic hydroxyl groups is 1. The third-order valence-corrected chi connectivity index (χ3v) is 8.60. The molecule has 52 heavy (non-hydrogen) atoms. The molecule has 7 N–H and O–H groups in total. The van der Waals surface area contributed by atoms with Gasteiger partial charge in [-0.2, -0.15) is 5.10 Å². The number of fused-ring (bicyclic) bond motifs is 1. The number of amides is 2. The zero-order chi connectivity index (χ0) is 36.6. The Bertz CT molecular complexity index is 2230. The standard InChI is InChI=1S/C39H38N6O7/c1-45-28(23-52-29-9-5-8-27(18-29)36(43-39(50)51)26-6-3-2-4-7-26)19-32(44-45)38(49)41-21-25-12-10-24(11-13-25)20-40-22-34(47)30-14-16-33(46)37-31(30)15-17-35(48)42-37/h2-19,34,36,40,43,46-47H,20-23H2,1H3,(H,41,49)(H,42,48)(H,50,51). The molecule has 2 heterocycles. The van der Waals surface area contributed by atoms with Gasteiger partial charge in [0.2, 0.25) is 5.56 Å². The molecule has 2 aromatic heterocycles. The summed E-state index contributed by atoms with van der Waals surface area (Å²) in [7, 11) is 1.73. The van der Waals surface area contributed by atoms with Crippen LogP contribution >= 0.6 is 0 Å². The second kappa shape index (κ2) is 16.1. The van der Waals surface area contributed by atoms with Crippen molar-refractivity contribution in [3.05, 3.63) is 159 Å². The lowest BCUT2D eigenvalue weighted by molar-refractivity contribution is 0.0945. The Labute approximate surface area is 298 Å². The second-order valence-corrected chi connectivity index (χ2v) is 12.2. The number of carboxylic acid groups (broad SMARTS) is 1. The number of pyridine rings is 1. The highest BCUT2D eigenvalue weighted by molar-refractivity contribution is 5.92. The Balaban J connectivity index is 0.987. The van der Waals surface area contributed by atoms with E-state index in [4.69, 9.17) is 4.74 Å². The van der Waals surface area contributed by atoms with Crippen molar-refractivity contribution in [1.82, 2.24) is 30.7 Å². The van der Waals surface area contributed by atoms with E-state index >= 15 is 0 Å². The molecule has 0 spiro atoms. The molecule has 0 saturated heterocycles. The molecule has 2 unspecified atom stereocenters. The first-order valence-corrected chi connectivity index (χ1v) is 16.5. The van der Waals surface area contributed by atoms with Gasteiger partial charge in [0, 0.05) is 38.1 Å². The maximum Gasteiger partial charge on any atom is 0.405 e. The maximum absolute atomic E-state index is 13.0. The Hall–Kier alpha value is -6.44. The topological polar surface area (TPSA) is 191 Å². The summed E-state index contributed by atoms with van der Waals surface area (Å²) in [6.45, 7) is 1.18. The molecule has 0 bridgehead atoms. The summed E-state index contributed by atoms with van der Waals surface area (Å²) in [5, 5.41) is 43.9. The van der Waals surface area contributed by atoms with Crippen LogP contribution in [0.4, 0.5) is 4.79 Å². The van der Waals surface area contributed by atoms with Crippen LogP contribution in [0.5, 0.6) is 11.5 Å². The summed E-state index contributed by atoms with van der Waals surface area (Å²) in [6, 6.07) is 31.3. The molecule has 6 aromatic rings. The summed E-state index contributed by atoms with van der Waals surface area (Å²) in [4.78, 5) is 38.8. The van der Waals surface area contributed by atoms with Crippen LogP contribution in [0.3, 0.4) is 0 Å². The third kappa shape index (κ3) is 8.64. The minimum atomic E-state index is -1.14. The first-order chi connectivity index (χ1) is 25.1. The lowest BCUT2D eigenvalue weighted by atomic mass is 9.99. The van der Waals surface area contributed by atoms with Gasteiger partial charge in [0.1, 0.15) is 18.1 Å². The number of benzene rings is 4. The fourth-order valence-corrected chi connectivity index (χ4v) is 5.88. The number of nitrogens with zero attached hydrogens (tertiary/aromatic N) is 2. The molecule has 266 valence electrons. The van der Waals surface area contributed by atoms with Gasteiger partial charge in [0.25, 0.3) is 5.91 Å². The number of carbonyl (C=O) groups excluding carboxylic acids is 1. The van der Waals surface area contributed by atoms with Crippen molar-refractivity contribution in [2.45, 2.75) is 31.8 Å². The number of carbonyl (C=O) groups is 2. The average Bonchev–Trinajstić information content (AvgIpc) is 3.53. The molecule has 4 aromatic carbocycles. The Kier molecular flexibility index (Phi) is 10.9. The molecule has 2 atom stereocenters. The fourth-order valence-electron chi connectivity index (χ4n) is 5.88. The minimum Gasteiger partial charge on any atom is -0.506 e. The number of aromatic amines is 1. The lowest BCUT2D eigenvalue weighted by Crippen LogP contribution is -2.27. The van der Waals surface area contributed by atoms with Gasteiger partial charge < -0.3 is 41.0 Å². The third-order valence-electron chi connectivity index (χ3n) is 8.60. The van der Waals surface area contributed by atoms with E-state index in [1.54, 1.807) is 48.1 Å². The van der Waals surface area contributed by atoms with Gasteiger partial charge in [0.05, 0.1) is 23.4 Å². The minimum absolute atomic E-state index is 0.0610. The van der Waals surface area contributed by atoms with Crippen molar-refractivity contribution in [1.29, 1.82) is 0 Å². The van der Waals surface area contributed by atoms with Crippen LogP contribution in [-0.2, 0) is 26.7 Å². The molecule has 13 heteroatoms. The molecule has 2 amide bonds. The van der Waals surface area contributed by atoms with E-state index in [0.717, 1.165) is 22.3 Å². The Morgan fingerprint density at radius 2 is 1.62 bits per heavy atom. The first kappa shape index (κ1) is 35.4. The summed E-state index contributed by atoms with van der Waals surface area (Å²) in [5.41, 5.74) is 4.86. The van der Waals surface area contributed by atoms with E-state index < -0.39 is 18.2 Å². The number of phenols is 1. The highest BCUT2D eigenvalue weighted by Crippen LogP contribution is 2.29. The van der Waals surface area contributed by atoms with E-state index in [0.29, 0.717) is 35.5 Å². The number of phenolic OH excluding ortho intramolecular Hbond substituents is 1. The van der Waals surface area contributed by atoms with Crippen molar-refractivity contribution >= 4 is 22.9 Å². The number of aliphatic hydroxyl groups is 1. The quantitative estimate of drug-likeness (QED) is 0.0847. The number of ether oxygens (including phenoxy) is 1. The smallest absolute Gasteiger partial charge is 0.405 e. The van der Waals surface area contributed by atoms with Crippen LogP contribution in [0.1, 0.15) is 56.1 Å². The largest absolute Gasteiger partial charge is 0.506 e. The van der Waals surface area contributed by atoms with Gasteiger partial charge in [-0.1, -0.05) is 72.8 Å². The number of aryl methyl sites for hydroxylation is 1. The number of aromatic nitrogens is 3. The summed E-state index contributed by atoms with van der Waals surface area (Å²) >= 11 is 0. The van der Waals surface area contributed by atoms with Crippen LogP contribution in [-0.4, -0.2) is 48.6 Å². The average molecular weight is 703 g/mol. The Morgan fingerprint density at radius 3 is 2.37 bits per heavy atom. The monoisotopic (exact) mass is 702 g/mol. The normalized spacial score (nSPS) is 12.3. The van der Waals surface area contributed by atoms with Gasteiger partial charge in [-0.15, -0.1) is 0 Å². The summed E-state index contributed by atoms with van der Waals surface area (Å²) in [6.07, 6.45) is -2.00. The van der Waals surface area contributed by atoms with Crippen molar-refractivity contribution < 1.29 is 29.6 Å². The molecule has 0 aliphatic carbocycles. The van der Waals surface area contributed by atoms with E-state index in [1.807, 2.05) is 60.7 Å². The van der Waals surface area contributed by atoms with Crippen molar-refractivity contribution in [3.63, 3.8) is 0 Å². The summed E-state index contributed by atoms with van der Waals surface area (Å²) in [5.74, 6) is 0.145. The van der Waals surface area contributed by atoms with Gasteiger partial charge in [-0.05, 0) is 58.1 Å². The van der Waals surface area contributed by atoms with Crippen LogP contribution < -0.4 is 26.2 Å². The maximum atomic E-state index is 13.0. The van der Waals surface area contributed by atoms with Gasteiger partial charge in [0.15, 0.2) is 5.69 Å². The van der Waals surface area contributed by atoms with Crippen molar-refractivity contribution in [2.24, 2.45) is 7.05 Å². The molecule has 6 rings (SSSR count). The SMILES string of the molecule is Cn1nc(C(=O)NCc2ccc(CNCC(O)c3ccc(O)c4[nH]c(=O)ccc34)cc2)cc1COc1cccc(C(NC(=O)O)c2ccccc2)c1. The molecular formula is C39H38N6O7. The van der Waals surface area contributed by atoms with Crippen LogP contribution in [0, 0.1) is 0 Å². The van der Waals surface area contributed by atoms with Gasteiger partial charge in [-0.25, -0.2) is 4.79 Å². The molecule has 0 radical (unpaired) electrons. The number of H-pyrrole nitrogens is 1. The molecule has 0 saturated carbocycles. The molecular weight excluding hydrogens is 664 g/mol. The highest BCUT2D eigenvalue weighted by Gasteiger charge is 2.18. The predicted octanol–water partition coefficient (Wildman–Crippen LogP) is 4.66. The number of rotatable bonds is 14. The van der Waals surface area contributed by atoms with Crippen LogP contribution in [0.15, 0.2) is 114 Å². The zero-order valence-corrected chi connectivity index (χ0v) is 28.2. The molecule has 0 aliphatic rings. The lowest BCUT2D eigenvalue weighted by Gasteiger charge is -2.19. The van der Waals surface area contributed by atoms with Crippen molar-refractivity contribution in [3.8, 4) is 11.5 Å². The van der Waals surface area contributed by atoms with E-state index in [1.165, 1.54) is 12.1 Å². The molecule has 13 nitrogen and oxygen atoms in total.